The Morgan fingerprint density at radius 2 is 2.42 bits per heavy atom. The van der Waals surface area contributed by atoms with Crippen molar-refractivity contribution in [1.82, 2.24) is 4.98 Å². The van der Waals surface area contributed by atoms with Crippen LogP contribution in [0.25, 0.3) is 0 Å². The van der Waals surface area contributed by atoms with Gasteiger partial charge in [0.1, 0.15) is 11.4 Å². The molecule has 0 spiro atoms. The first-order chi connectivity index (χ1) is 5.79. The van der Waals surface area contributed by atoms with E-state index in [-0.39, 0.29) is 0 Å². The third-order valence-corrected chi connectivity index (χ3v) is 1.72. The van der Waals surface area contributed by atoms with Gasteiger partial charge in [0.2, 0.25) is 0 Å². The maximum Gasteiger partial charge on any atom is 0.143 e. The Labute approximate surface area is 72.0 Å². The van der Waals surface area contributed by atoms with Crippen molar-refractivity contribution in [3.8, 4) is 5.75 Å². The quantitative estimate of drug-likeness (QED) is 0.742. The summed E-state index contributed by atoms with van der Waals surface area (Å²) in [6.07, 6.45) is 1.77. The number of aliphatic hydroxyl groups excluding tert-OH is 1. The van der Waals surface area contributed by atoms with Crippen LogP contribution in [0.3, 0.4) is 0 Å². The van der Waals surface area contributed by atoms with Crippen molar-refractivity contribution in [2.45, 2.75) is 19.4 Å². The summed E-state index contributed by atoms with van der Waals surface area (Å²) in [6.45, 7) is 1.90. The molecule has 0 fully saturated rings. The minimum Gasteiger partial charge on any atom is -0.495 e. The summed E-state index contributed by atoms with van der Waals surface area (Å²) in [6, 6.07) is 3.58. The van der Waals surface area contributed by atoms with E-state index in [0.717, 1.165) is 0 Å². The van der Waals surface area contributed by atoms with E-state index < -0.39 is 6.10 Å². The molecule has 0 radical (unpaired) electrons. The zero-order valence-corrected chi connectivity index (χ0v) is 7.32. The van der Waals surface area contributed by atoms with Crippen molar-refractivity contribution >= 4 is 0 Å². The number of pyridine rings is 1. The normalized spacial score (nSPS) is 12.6. The molecule has 1 heterocycles. The molecule has 1 unspecified atom stereocenters. The molecule has 1 rings (SSSR count). The smallest absolute Gasteiger partial charge is 0.143 e. The van der Waals surface area contributed by atoms with Crippen molar-refractivity contribution in [2.75, 3.05) is 7.11 Å². The maximum atomic E-state index is 9.50. The zero-order valence-electron chi connectivity index (χ0n) is 7.32. The van der Waals surface area contributed by atoms with Crippen LogP contribution in [0.15, 0.2) is 18.3 Å². The standard InChI is InChI=1S/C9H13NO2/c1-3-7(11)9-8(12-2)5-4-6-10-9/h4-7,11H,3H2,1-2H3. The van der Waals surface area contributed by atoms with E-state index >= 15 is 0 Å². The second-order valence-electron chi connectivity index (χ2n) is 2.51. The highest BCUT2D eigenvalue weighted by atomic mass is 16.5. The van der Waals surface area contributed by atoms with Crippen LogP contribution in [0, 0.1) is 0 Å². The number of hydrogen-bond donors (Lipinski definition) is 1. The lowest BCUT2D eigenvalue weighted by molar-refractivity contribution is 0.164. The summed E-state index contributed by atoms with van der Waals surface area (Å²) in [5.41, 5.74) is 0.613. The number of methoxy groups -OCH3 is 1. The van der Waals surface area contributed by atoms with Gasteiger partial charge in [-0.15, -0.1) is 0 Å². The van der Waals surface area contributed by atoms with Crippen LogP contribution in [0.4, 0.5) is 0 Å². The predicted molar refractivity (Wildman–Crippen MR) is 46.0 cm³/mol. The Morgan fingerprint density at radius 3 is 3.00 bits per heavy atom. The van der Waals surface area contributed by atoms with Gasteiger partial charge in [-0.05, 0) is 18.6 Å². The molecule has 0 aliphatic rings. The van der Waals surface area contributed by atoms with E-state index in [2.05, 4.69) is 4.98 Å². The van der Waals surface area contributed by atoms with Crippen molar-refractivity contribution in [2.24, 2.45) is 0 Å². The molecule has 66 valence electrons. The third kappa shape index (κ3) is 1.74. The van der Waals surface area contributed by atoms with E-state index in [4.69, 9.17) is 4.74 Å². The monoisotopic (exact) mass is 167 g/mol. The van der Waals surface area contributed by atoms with Crippen LogP contribution >= 0.6 is 0 Å². The summed E-state index contributed by atoms with van der Waals surface area (Å²) < 4.78 is 5.05. The maximum absolute atomic E-state index is 9.50. The second kappa shape index (κ2) is 4.07. The van der Waals surface area contributed by atoms with Gasteiger partial charge in [-0.2, -0.15) is 0 Å². The van der Waals surface area contributed by atoms with E-state index in [1.54, 1.807) is 25.4 Å². The van der Waals surface area contributed by atoms with Gasteiger partial charge in [0, 0.05) is 6.20 Å². The molecule has 0 saturated heterocycles. The Kier molecular flexibility index (Phi) is 3.05. The van der Waals surface area contributed by atoms with Crippen LogP contribution < -0.4 is 4.74 Å². The number of ether oxygens (including phenoxy) is 1. The van der Waals surface area contributed by atoms with E-state index in [1.165, 1.54) is 0 Å². The van der Waals surface area contributed by atoms with Crippen LogP contribution in [-0.2, 0) is 0 Å². The molecule has 3 nitrogen and oxygen atoms in total. The summed E-state index contributed by atoms with van der Waals surface area (Å²) in [5, 5.41) is 9.50. The lowest BCUT2D eigenvalue weighted by Crippen LogP contribution is -2.01. The Balaban J connectivity index is 2.96. The van der Waals surface area contributed by atoms with E-state index in [1.807, 2.05) is 6.92 Å². The first kappa shape index (κ1) is 9.00. The lowest BCUT2D eigenvalue weighted by Gasteiger charge is -2.10. The minimum atomic E-state index is -0.527. The van der Waals surface area contributed by atoms with Gasteiger partial charge in [-0.3, -0.25) is 4.98 Å². The fourth-order valence-electron chi connectivity index (χ4n) is 1.02. The highest BCUT2D eigenvalue weighted by molar-refractivity contribution is 5.28. The van der Waals surface area contributed by atoms with Gasteiger partial charge in [0.25, 0.3) is 0 Å². The van der Waals surface area contributed by atoms with Crippen molar-refractivity contribution in [1.29, 1.82) is 0 Å². The Bertz CT molecular complexity index is 250. The van der Waals surface area contributed by atoms with E-state index in [9.17, 15) is 5.11 Å². The molecule has 1 aromatic heterocycles. The lowest BCUT2D eigenvalue weighted by atomic mass is 10.2. The van der Waals surface area contributed by atoms with Crippen molar-refractivity contribution in [3.63, 3.8) is 0 Å². The Hall–Kier alpha value is -1.09. The molecule has 0 saturated carbocycles. The average molecular weight is 167 g/mol. The third-order valence-electron chi connectivity index (χ3n) is 1.72. The summed E-state index contributed by atoms with van der Waals surface area (Å²) in [4.78, 5) is 4.05. The molecule has 1 aromatic rings. The van der Waals surface area contributed by atoms with Crippen molar-refractivity contribution < 1.29 is 9.84 Å². The molecular weight excluding hydrogens is 154 g/mol. The Morgan fingerprint density at radius 1 is 1.67 bits per heavy atom. The molecule has 12 heavy (non-hydrogen) atoms. The second-order valence-corrected chi connectivity index (χ2v) is 2.51. The zero-order chi connectivity index (χ0) is 8.97. The predicted octanol–water partition coefficient (Wildman–Crippen LogP) is 1.53. The summed E-state index contributed by atoms with van der Waals surface area (Å²) in [5.74, 6) is 0.645. The highest BCUT2D eigenvalue weighted by Crippen LogP contribution is 2.23. The first-order valence-electron chi connectivity index (χ1n) is 3.96. The fraction of sp³-hybridized carbons (Fsp3) is 0.444. The molecular formula is C9H13NO2. The molecule has 0 aliphatic carbocycles. The van der Waals surface area contributed by atoms with Crippen molar-refractivity contribution in [3.05, 3.63) is 24.0 Å². The highest BCUT2D eigenvalue weighted by Gasteiger charge is 2.11. The van der Waals surface area contributed by atoms with Crippen LogP contribution in [0.1, 0.15) is 25.1 Å². The molecule has 0 aliphatic heterocycles. The van der Waals surface area contributed by atoms with Gasteiger partial charge < -0.3 is 9.84 Å². The summed E-state index contributed by atoms with van der Waals surface area (Å²) >= 11 is 0. The van der Waals surface area contributed by atoms with Gasteiger partial charge in [-0.25, -0.2) is 0 Å². The van der Waals surface area contributed by atoms with Gasteiger partial charge in [0.05, 0.1) is 13.2 Å². The van der Waals surface area contributed by atoms with Crippen LogP contribution in [-0.4, -0.2) is 17.2 Å². The van der Waals surface area contributed by atoms with E-state index in [0.29, 0.717) is 17.9 Å². The summed E-state index contributed by atoms with van der Waals surface area (Å²) in [7, 11) is 1.57. The average Bonchev–Trinajstić information content (AvgIpc) is 2.16. The number of nitrogens with zero attached hydrogens (tertiary/aromatic N) is 1. The van der Waals surface area contributed by atoms with Gasteiger partial charge in [0.15, 0.2) is 0 Å². The van der Waals surface area contributed by atoms with Gasteiger partial charge >= 0.3 is 0 Å². The number of rotatable bonds is 3. The molecule has 0 bridgehead atoms. The topological polar surface area (TPSA) is 42.4 Å². The van der Waals surface area contributed by atoms with Gasteiger partial charge in [-0.1, -0.05) is 6.92 Å². The number of aliphatic hydroxyl groups is 1. The SMILES string of the molecule is CCC(O)c1ncccc1OC. The first-order valence-corrected chi connectivity index (χ1v) is 3.96. The molecule has 1 N–H and O–H groups in total. The minimum absolute atomic E-state index is 0.527. The molecule has 3 heteroatoms. The number of hydrogen-bond acceptors (Lipinski definition) is 3. The van der Waals surface area contributed by atoms with Crippen LogP contribution in [0.2, 0.25) is 0 Å². The molecule has 1 atom stereocenters. The fourth-order valence-corrected chi connectivity index (χ4v) is 1.02. The molecule has 0 aromatic carbocycles. The number of aromatic nitrogens is 1. The van der Waals surface area contributed by atoms with Crippen LogP contribution in [0.5, 0.6) is 5.75 Å². The largest absolute Gasteiger partial charge is 0.495 e. The molecule has 0 amide bonds.